The van der Waals surface area contributed by atoms with Gasteiger partial charge in [0.05, 0.1) is 11.7 Å². The molecular weight excluding hydrogens is 268 g/mol. The molecule has 1 saturated heterocycles. The molecule has 2 fully saturated rings. The van der Waals surface area contributed by atoms with E-state index in [2.05, 4.69) is 32.9 Å². The number of ether oxygens (including phenoxy) is 1. The highest BCUT2D eigenvalue weighted by Crippen LogP contribution is 2.48. The Morgan fingerprint density at radius 3 is 2.65 bits per heavy atom. The summed E-state index contributed by atoms with van der Waals surface area (Å²) in [5, 5.41) is 10.7. The summed E-state index contributed by atoms with van der Waals surface area (Å²) in [5.74, 6) is 0.371. The first-order valence-corrected chi connectivity index (χ1v) is 8.64. The van der Waals surface area contributed by atoms with Gasteiger partial charge in [0.25, 0.3) is 0 Å². The van der Waals surface area contributed by atoms with Crippen molar-refractivity contribution in [2.75, 3.05) is 6.61 Å². The molecule has 0 aromatic carbocycles. The molecule has 1 aromatic rings. The first-order chi connectivity index (χ1) is 9.40. The lowest BCUT2D eigenvalue weighted by atomic mass is 9.71. The van der Waals surface area contributed by atoms with Crippen LogP contribution < -0.4 is 0 Å². The molecule has 3 heteroatoms. The third kappa shape index (κ3) is 2.68. The number of aliphatic hydroxyl groups is 1. The Balaban J connectivity index is 1.72. The van der Waals surface area contributed by atoms with Crippen LogP contribution in [-0.4, -0.2) is 17.3 Å². The minimum Gasteiger partial charge on any atom is -0.387 e. The highest BCUT2D eigenvalue weighted by molar-refractivity contribution is 7.12. The fourth-order valence-corrected chi connectivity index (χ4v) is 4.55. The minimum atomic E-state index is -0.308. The van der Waals surface area contributed by atoms with Crippen molar-refractivity contribution in [3.8, 4) is 0 Å². The normalized spacial score (nSPS) is 27.3. The van der Waals surface area contributed by atoms with Gasteiger partial charge in [0.1, 0.15) is 0 Å². The van der Waals surface area contributed by atoms with Crippen LogP contribution in [0.25, 0.3) is 0 Å². The third-order valence-electron chi connectivity index (χ3n) is 4.90. The Bertz CT molecular complexity index is 468. The van der Waals surface area contributed by atoms with Crippen molar-refractivity contribution >= 4 is 11.3 Å². The fourth-order valence-electron chi connectivity index (χ4n) is 3.40. The first kappa shape index (κ1) is 14.6. The van der Waals surface area contributed by atoms with Crippen molar-refractivity contribution in [1.82, 2.24) is 0 Å². The Kier molecular flexibility index (Phi) is 3.72. The molecule has 1 aliphatic heterocycles. The van der Waals surface area contributed by atoms with Gasteiger partial charge in [-0.05, 0) is 55.6 Å². The van der Waals surface area contributed by atoms with Crippen molar-refractivity contribution in [2.24, 2.45) is 5.92 Å². The molecular formula is C17H26O2S. The molecule has 3 rings (SSSR count). The second-order valence-electron chi connectivity index (χ2n) is 7.53. The van der Waals surface area contributed by atoms with E-state index in [9.17, 15) is 5.11 Å². The van der Waals surface area contributed by atoms with Crippen LogP contribution in [0.4, 0.5) is 0 Å². The Hall–Kier alpha value is -0.380. The van der Waals surface area contributed by atoms with E-state index in [4.69, 9.17) is 4.74 Å². The zero-order valence-electron chi connectivity index (χ0n) is 12.8. The minimum absolute atomic E-state index is 0.119. The molecule has 1 aliphatic carbocycles. The van der Waals surface area contributed by atoms with Crippen molar-refractivity contribution in [2.45, 2.75) is 70.0 Å². The average Bonchev–Trinajstić information content (AvgIpc) is 2.85. The molecule has 1 N–H and O–H groups in total. The molecule has 2 atom stereocenters. The maximum Gasteiger partial charge on any atom is 0.0912 e. The maximum absolute atomic E-state index is 10.7. The number of aliphatic hydroxyl groups excluding tert-OH is 1. The summed E-state index contributed by atoms with van der Waals surface area (Å²) in [6, 6.07) is 4.31. The molecule has 2 unspecified atom stereocenters. The second-order valence-corrected chi connectivity index (χ2v) is 8.65. The molecule has 2 aliphatic rings. The Labute approximate surface area is 126 Å². The number of rotatable bonds is 2. The van der Waals surface area contributed by atoms with Crippen LogP contribution in [-0.2, 0) is 10.2 Å². The molecule has 0 amide bonds. The molecule has 112 valence electrons. The molecule has 2 heterocycles. The quantitative estimate of drug-likeness (QED) is 0.874. The van der Waals surface area contributed by atoms with E-state index in [0.717, 1.165) is 24.3 Å². The van der Waals surface area contributed by atoms with E-state index in [-0.39, 0.29) is 17.1 Å². The first-order valence-electron chi connectivity index (χ1n) is 7.82. The van der Waals surface area contributed by atoms with E-state index in [1.807, 2.05) is 0 Å². The summed E-state index contributed by atoms with van der Waals surface area (Å²) in [4.78, 5) is 2.49. The topological polar surface area (TPSA) is 29.5 Å². The average molecular weight is 294 g/mol. The monoisotopic (exact) mass is 294 g/mol. The van der Waals surface area contributed by atoms with E-state index >= 15 is 0 Å². The van der Waals surface area contributed by atoms with Crippen molar-refractivity contribution in [3.05, 3.63) is 21.9 Å². The van der Waals surface area contributed by atoms with Gasteiger partial charge in [0.15, 0.2) is 0 Å². The molecule has 0 bridgehead atoms. The molecule has 0 radical (unpaired) electrons. The van der Waals surface area contributed by atoms with Crippen LogP contribution in [0.1, 0.15) is 68.7 Å². The molecule has 1 spiro atoms. The molecule has 1 saturated carbocycles. The summed E-state index contributed by atoms with van der Waals surface area (Å²) in [6.45, 7) is 7.51. The van der Waals surface area contributed by atoms with Crippen LogP contribution >= 0.6 is 11.3 Å². The van der Waals surface area contributed by atoms with Gasteiger partial charge in [-0.2, -0.15) is 0 Å². The van der Waals surface area contributed by atoms with Crippen LogP contribution in [0.2, 0.25) is 0 Å². The van der Waals surface area contributed by atoms with Gasteiger partial charge in [-0.3, -0.25) is 0 Å². The SMILES string of the molecule is CC(C)(C)c1ccc(C(O)C2CCOC3(CCC3)C2)s1. The van der Waals surface area contributed by atoms with Crippen LogP contribution in [0.15, 0.2) is 12.1 Å². The van der Waals surface area contributed by atoms with Crippen LogP contribution in [0.3, 0.4) is 0 Å². The van der Waals surface area contributed by atoms with E-state index in [1.54, 1.807) is 11.3 Å². The van der Waals surface area contributed by atoms with Gasteiger partial charge in [-0.1, -0.05) is 20.8 Å². The van der Waals surface area contributed by atoms with Gasteiger partial charge in [-0.25, -0.2) is 0 Å². The third-order valence-corrected chi connectivity index (χ3v) is 6.48. The molecule has 20 heavy (non-hydrogen) atoms. The highest BCUT2D eigenvalue weighted by Gasteiger charge is 2.44. The lowest BCUT2D eigenvalue weighted by Gasteiger charge is -2.48. The molecule has 2 nitrogen and oxygen atoms in total. The zero-order valence-corrected chi connectivity index (χ0v) is 13.6. The van der Waals surface area contributed by atoms with Gasteiger partial charge < -0.3 is 9.84 Å². The summed E-state index contributed by atoms with van der Waals surface area (Å²) in [5.41, 5.74) is 0.293. The van der Waals surface area contributed by atoms with Gasteiger partial charge in [-0.15, -0.1) is 11.3 Å². The Morgan fingerprint density at radius 2 is 2.10 bits per heavy atom. The standard InChI is InChI=1S/C17H26O2S/c1-16(2,3)14-6-5-13(20-14)15(18)12-7-10-19-17(11-12)8-4-9-17/h5-6,12,15,18H,4,7-11H2,1-3H3. The Morgan fingerprint density at radius 1 is 1.35 bits per heavy atom. The van der Waals surface area contributed by atoms with Gasteiger partial charge in [0, 0.05) is 16.4 Å². The number of hydrogen-bond donors (Lipinski definition) is 1. The van der Waals surface area contributed by atoms with Crippen molar-refractivity contribution in [3.63, 3.8) is 0 Å². The second kappa shape index (κ2) is 5.11. The summed E-state index contributed by atoms with van der Waals surface area (Å²) in [7, 11) is 0. The lowest BCUT2D eigenvalue weighted by Crippen LogP contribution is -2.46. The molecule has 1 aromatic heterocycles. The predicted molar refractivity (Wildman–Crippen MR) is 83.2 cm³/mol. The lowest BCUT2D eigenvalue weighted by molar-refractivity contribution is -0.157. The smallest absolute Gasteiger partial charge is 0.0912 e. The van der Waals surface area contributed by atoms with Gasteiger partial charge >= 0.3 is 0 Å². The maximum atomic E-state index is 10.7. The van der Waals surface area contributed by atoms with E-state index < -0.39 is 0 Å². The predicted octanol–water partition coefficient (Wildman–Crippen LogP) is 4.43. The largest absolute Gasteiger partial charge is 0.387 e. The summed E-state index contributed by atoms with van der Waals surface area (Å²) >= 11 is 1.78. The summed E-state index contributed by atoms with van der Waals surface area (Å²) < 4.78 is 5.97. The van der Waals surface area contributed by atoms with E-state index in [1.165, 1.54) is 24.1 Å². The van der Waals surface area contributed by atoms with Crippen LogP contribution in [0, 0.1) is 5.92 Å². The fraction of sp³-hybridized carbons (Fsp3) is 0.765. The van der Waals surface area contributed by atoms with E-state index in [0.29, 0.717) is 5.92 Å². The van der Waals surface area contributed by atoms with Crippen LogP contribution in [0.5, 0.6) is 0 Å². The number of hydrogen-bond acceptors (Lipinski definition) is 3. The van der Waals surface area contributed by atoms with Gasteiger partial charge in [0.2, 0.25) is 0 Å². The number of thiophene rings is 1. The van der Waals surface area contributed by atoms with Crippen molar-refractivity contribution in [1.29, 1.82) is 0 Å². The van der Waals surface area contributed by atoms with Crippen molar-refractivity contribution < 1.29 is 9.84 Å². The highest BCUT2D eigenvalue weighted by atomic mass is 32.1. The summed E-state index contributed by atoms with van der Waals surface area (Å²) in [6.07, 6.45) is 5.39. The zero-order chi connectivity index (χ0) is 14.4.